The summed E-state index contributed by atoms with van der Waals surface area (Å²) in [4.78, 5) is 16.9. The van der Waals surface area contributed by atoms with E-state index < -0.39 is 0 Å². The highest BCUT2D eigenvalue weighted by atomic mass is 32.1. The van der Waals surface area contributed by atoms with Crippen molar-refractivity contribution in [3.63, 3.8) is 0 Å². The number of aromatic nitrogens is 3. The van der Waals surface area contributed by atoms with Crippen LogP contribution in [0, 0.1) is 6.92 Å². The third-order valence-corrected chi connectivity index (χ3v) is 4.17. The minimum atomic E-state index is -0.182. The van der Waals surface area contributed by atoms with E-state index >= 15 is 0 Å². The zero-order valence-corrected chi connectivity index (χ0v) is 12.9. The number of nitrogens with one attached hydrogen (secondary N) is 1. The Morgan fingerprint density at radius 2 is 2.14 bits per heavy atom. The van der Waals surface area contributed by atoms with E-state index in [9.17, 15) is 4.79 Å². The van der Waals surface area contributed by atoms with Gasteiger partial charge in [0, 0.05) is 12.2 Å². The Hall–Kier alpha value is -2.21. The van der Waals surface area contributed by atoms with Crippen LogP contribution in [0.4, 0.5) is 5.13 Å². The van der Waals surface area contributed by atoms with E-state index in [1.165, 1.54) is 11.3 Å². The Bertz CT molecular complexity index is 803. The van der Waals surface area contributed by atoms with Gasteiger partial charge in [-0.15, -0.1) is 0 Å². The minimum absolute atomic E-state index is 0.137. The summed E-state index contributed by atoms with van der Waals surface area (Å²) in [6.45, 7) is 6.00. The van der Waals surface area contributed by atoms with E-state index in [-0.39, 0.29) is 11.9 Å². The maximum atomic E-state index is 12.4. The maximum absolute atomic E-state index is 12.4. The average molecular weight is 300 g/mol. The average Bonchev–Trinajstić information content (AvgIpc) is 3.04. The van der Waals surface area contributed by atoms with Crippen LogP contribution in [-0.4, -0.2) is 20.7 Å². The molecule has 0 saturated heterocycles. The molecule has 21 heavy (non-hydrogen) atoms. The van der Waals surface area contributed by atoms with Crippen molar-refractivity contribution >= 4 is 32.6 Å². The number of aryl methyl sites for hydroxylation is 1. The van der Waals surface area contributed by atoms with Crippen molar-refractivity contribution in [1.29, 1.82) is 0 Å². The molecule has 3 rings (SSSR count). The third kappa shape index (κ3) is 2.54. The van der Waals surface area contributed by atoms with Crippen LogP contribution in [0.25, 0.3) is 10.2 Å². The Morgan fingerprint density at radius 3 is 2.86 bits per heavy atom. The van der Waals surface area contributed by atoms with E-state index in [1.54, 1.807) is 16.9 Å². The van der Waals surface area contributed by atoms with Gasteiger partial charge in [0.05, 0.1) is 10.2 Å². The Kier molecular flexibility index (Phi) is 3.47. The van der Waals surface area contributed by atoms with Crippen molar-refractivity contribution in [2.45, 2.75) is 26.8 Å². The first-order chi connectivity index (χ1) is 10.1. The molecule has 0 aliphatic carbocycles. The summed E-state index contributed by atoms with van der Waals surface area (Å²) < 4.78 is 2.77. The van der Waals surface area contributed by atoms with Gasteiger partial charge in [0.1, 0.15) is 5.69 Å². The number of hydrogen-bond donors (Lipinski definition) is 1. The molecule has 0 aliphatic rings. The third-order valence-electron chi connectivity index (χ3n) is 3.23. The van der Waals surface area contributed by atoms with E-state index in [2.05, 4.69) is 15.4 Å². The Balaban J connectivity index is 1.89. The Labute approximate surface area is 126 Å². The standard InChI is InChI=1S/C15H16N4OS/c1-9(2)19-11(7-8-16-19)14(20)18-15-17-13-10(3)5-4-6-12(13)21-15/h4-9H,1-3H3,(H,17,18,20). The number of nitrogens with zero attached hydrogens (tertiary/aromatic N) is 3. The van der Waals surface area contributed by atoms with Gasteiger partial charge >= 0.3 is 0 Å². The topological polar surface area (TPSA) is 59.8 Å². The number of fused-ring (bicyclic) bond motifs is 1. The fourth-order valence-electron chi connectivity index (χ4n) is 2.21. The lowest BCUT2D eigenvalue weighted by atomic mass is 10.2. The SMILES string of the molecule is Cc1cccc2sc(NC(=O)c3ccnn3C(C)C)nc12. The Morgan fingerprint density at radius 1 is 1.33 bits per heavy atom. The predicted octanol–water partition coefficient (Wildman–Crippen LogP) is 3.63. The van der Waals surface area contributed by atoms with Crippen molar-refractivity contribution in [3.05, 3.63) is 41.7 Å². The van der Waals surface area contributed by atoms with E-state index in [0.717, 1.165) is 15.8 Å². The summed E-state index contributed by atoms with van der Waals surface area (Å²) >= 11 is 1.48. The number of carbonyl (C=O) groups excluding carboxylic acids is 1. The molecule has 0 fully saturated rings. The smallest absolute Gasteiger partial charge is 0.275 e. The first-order valence-electron chi connectivity index (χ1n) is 6.77. The first-order valence-corrected chi connectivity index (χ1v) is 7.59. The molecule has 0 radical (unpaired) electrons. The molecule has 2 aromatic heterocycles. The summed E-state index contributed by atoms with van der Waals surface area (Å²) in [6.07, 6.45) is 1.64. The molecular weight excluding hydrogens is 284 g/mol. The van der Waals surface area contributed by atoms with Crippen LogP contribution < -0.4 is 5.32 Å². The lowest BCUT2D eigenvalue weighted by Crippen LogP contribution is -2.18. The van der Waals surface area contributed by atoms with Crippen LogP contribution in [-0.2, 0) is 0 Å². The molecule has 0 bridgehead atoms. The van der Waals surface area contributed by atoms with Crippen molar-refractivity contribution in [2.75, 3.05) is 5.32 Å². The summed E-state index contributed by atoms with van der Waals surface area (Å²) in [5, 5.41) is 7.65. The number of amides is 1. The summed E-state index contributed by atoms with van der Waals surface area (Å²) in [5.74, 6) is -0.182. The molecule has 3 aromatic rings. The van der Waals surface area contributed by atoms with Gasteiger partial charge in [0.15, 0.2) is 5.13 Å². The van der Waals surface area contributed by atoms with Gasteiger partial charge in [-0.3, -0.25) is 14.8 Å². The van der Waals surface area contributed by atoms with Crippen molar-refractivity contribution < 1.29 is 4.79 Å². The highest BCUT2D eigenvalue weighted by molar-refractivity contribution is 7.22. The van der Waals surface area contributed by atoms with Gasteiger partial charge in [-0.2, -0.15) is 5.10 Å². The van der Waals surface area contributed by atoms with Crippen LogP contribution in [0.1, 0.15) is 35.9 Å². The monoisotopic (exact) mass is 300 g/mol. The molecule has 108 valence electrons. The van der Waals surface area contributed by atoms with Crippen LogP contribution in [0.3, 0.4) is 0 Å². The predicted molar refractivity (Wildman–Crippen MR) is 84.9 cm³/mol. The maximum Gasteiger partial charge on any atom is 0.275 e. The molecule has 5 nitrogen and oxygen atoms in total. The fraction of sp³-hybridized carbons (Fsp3) is 0.267. The van der Waals surface area contributed by atoms with Gasteiger partial charge in [-0.25, -0.2) is 4.98 Å². The number of benzene rings is 1. The van der Waals surface area contributed by atoms with Crippen LogP contribution >= 0.6 is 11.3 Å². The number of rotatable bonds is 3. The summed E-state index contributed by atoms with van der Waals surface area (Å²) in [7, 11) is 0. The van der Waals surface area contributed by atoms with Gasteiger partial charge in [-0.05, 0) is 38.5 Å². The molecule has 2 heterocycles. The second-order valence-electron chi connectivity index (χ2n) is 5.15. The lowest BCUT2D eigenvalue weighted by Gasteiger charge is -2.09. The van der Waals surface area contributed by atoms with Crippen molar-refractivity contribution in [1.82, 2.24) is 14.8 Å². The quantitative estimate of drug-likeness (QED) is 0.803. The molecule has 0 saturated carbocycles. The van der Waals surface area contributed by atoms with Gasteiger partial charge in [-0.1, -0.05) is 23.5 Å². The highest BCUT2D eigenvalue weighted by Gasteiger charge is 2.16. The van der Waals surface area contributed by atoms with E-state index in [4.69, 9.17) is 0 Å². The number of carbonyl (C=O) groups is 1. The first kappa shape index (κ1) is 13.8. The summed E-state index contributed by atoms with van der Waals surface area (Å²) in [6, 6.07) is 7.87. The molecule has 0 unspecified atom stereocenters. The largest absolute Gasteiger partial charge is 0.296 e. The minimum Gasteiger partial charge on any atom is -0.296 e. The number of anilines is 1. The van der Waals surface area contributed by atoms with E-state index in [1.807, 2.05) is 39.0 Å². The second kappa shape index (κ2) is 5.29. The van der Waals surface area contributed by atoms with Gasteiger partial charge in [0.25, 0.3) is 5.91 Å². The molecule has 1 N–H and O–H groups in total. The zero-order chi connectivity index (χ0) is 15.0. The molecule has 0 aliphatic heterocycles. The summed E-state index contributed by atoms with van der Waals surface area (Å²) in [5.41, 5.74) is 2.59. The van der Waals surface area contributed by atoms with Crippen LogP contribution in [0.2, 0.25) is 0 Å². The molecule has 1 amide bonds. The van der Waals surface area contributed by atoms with Gasteiger partial charge < -0.3 is 0 Å². The second-order valence-corrected chi connectivity index (χ2v) is 6.18. The van der Waals surface area contributed by atoms with Crippen molar-refractivity contribution in [3.8, 4) is 0 Å². The normalized spacial score (nSPS) is 11.2. The molecular formula is C15H16N4OS. The molecule has 0 spiro atoms. The molecule has 0 atom stereocenters. The van der Waals surface area contributed by atoms with Crippen molar-refractivity contribution in [2.24, 2.45) is 0 Å². The lowest BCUT2D eigenvalue weighted by molar-refractivity contribution is 0.101. The van der Waals surface area contributed by atoms with Gasteiger partial charge in [0.2, 0.25) is 0 Å². The fourth-order valence-corrected chi connectivity index (χ4v) is 3.15. The van der Waals surface area contributed by atoms with Crippen LogP contribution in [0.5, 0.6) is 0 Å². The van der Waals surface area contributed by atoms with Crippen LogP contribution in [0.15, 0.2) is 30.5 Å². The number of thiazole rings is 1. The zero-order valence-electron chi connectivity index (χ0n) is 12.1. The van der Waals surface area contributed by atoms with E-state index in [0.29, 0.717) is 10.8 Å². The number of para-hydroxylation sites is 1. The molecule has 6 heteroatoms. The number of hydrogen-bond acceptors (Lipinski definition) is 4. The molecule has 1 aromatic carbocycles. The highest BCUT2D eigenvalue weighted by Crippen LogP contribution is 2.28.